The van der Waals surface area contributed by atoms with Crippen molar-refractivity contribution in [1.82, 2.24) is 9.55 Å². The van der Waals surface area contributed by atoms with E-state index >= 15 is 0 Å². The zero-order valence-corrected chi connectivity index (χ0v) is 14.3. The predicted octanol–water partition coefficient (Wildman–Crippen LogP) is 1.92. The number of carbonyl (C=O) groups is 1. The molecule has 1 aromatic heterocycles. The number of nitrogens with zero attached hydrogens (tertiary/aromatic N) is 3. The Morgan fingerprint density at radius 1 is 1.38 bits per heavy atom. The summed E-state index contributed by atoms with van der Waals surface area (Å²) in [4.78, 5) is 15.5. The Balaban J connectivity index is 1.99. The van der Waals surface area contributed by atoms with Crippen molar-refractivity contribution in [3.8, 4) is 0 Å². The van der Waals surface area contributed by atoms with Crippen molar-refractivity contribution in [1.29, 1.82) is 0 Å². The fourth-order valence-electron chi connectivity index (χ4n) is 2.92. The number of benzene rings is 1. The molecule has 0 radical (unpaired) electrons. The minimum Gasteiger partial charge on any atom is -0.481 e. The fraction of sp³-hybridized carbons (Fsp3) is 0.375. The smallest absolute Gasteiger partial charge is 0.312 e. The number of imidazole rings is 1. The van der Waals surface area contributed by atoms with E-state index in [9.17, 15) is 18.3 Å². The number of rotatable bonds is 5. The first-order valence-electron chi connectivity index (χ1n) is 7.67. The van der Waals surface area contributed by atoms with Crippen LogP contribution in [0.1, 0.15) is 25.3 Å². The number of hydrogen-bond donors (Lipinski definition) is 1. The van der Waals surface area contributed by atoms with Gasteiger partial charge in [-0.2, -0.15) is 8.42 Å². The normalized spacial score (nSPS) is 17.3. The lowest BCUT2D eigenvalue weighted by Gasteiger charge is -2.18. The van der Waals surface area contributed by atoms with E-state index < -0.39 is 21.9 Å². The van der Waals surface area contributed by atoms with Crippen LogP contribution in [0.3, 0.4) is 0 Å². The molecule has 0 saturated heterocycles. The van der Waals surface area contributed by atoms with Crippen LogP contribution in [0.25, 0.3) is 0 Å². The van der Waals surface area contributed by atoms with Gasteiger partial charge in [0.05, 0.1) is 18.6 Å². The lowest BCUT2D eigenvalue weighted by atomic mass is 10.0. The van der Waals surface area contributed by atoms with Gasteiger partial charge in [-0.15, -0.1) is 0 Å². The van der Waals surface area contributed by atoms with Crippen LogP contribution in [0.15, 0.2) is 41.8 Å². The highest BCUT2D eigenvalue weighted by molar-refractivity contribution is 7.92. The van der Waals surface area contributed by atoms with Crippen LogP contribution in [0, 0.1) is 5.92 Å². The molecule has 2 heterocycles. The van der Waals surface area contributed by atoms with Gasteiger partial charge in [-0.25, -0.2) is 4.98 Å². The van der Waals surface area contributed by atoms with Crippen molar-refractivity contribution in [3.63, 3.8) is 0 Å². The lowest BCUT2D eigenvalue weighted by molar-refractivity contribution is -0.138. The summed E-state index contributed by atoms with van der Waals surface area (Å²) in [6, 6.07) is 6.69. The van der Waals surface area contributed by atoms with Gasteiger partial charge >= 0.3 is 5.97 Å². The standard InChI is InChI=1S/C16H19N3O4S/c1-11(2)7-18-9-15(17-10-18)24(22,23)19-8-13(16(20)21)12-5-3-4-6-14(12)19/h3-6,9-11,13H,7-8H2,1-2H3,(H,20,21)/t13-/m0/s1. The first-order valence-corrected chi connectivity index (χ1v) is 9.11. The second-order valence-corrected chi connectivity index (χ2v) is 8.10. The van der Waals surface area contributed by atoms with Crippen LogP contribution in [-0.4, -0.2) is 35.6 Å². The van der Waals surface area contributed by atoms with E-state index in [1.165, 1.54) is 12.5 Å². The third-order valence-corrected chi connectivity index (χ3v) is 5.63. The molecular formula is C16H19N3O4S. The van der Waals surface area contributed by atoms with Gasteiger partial charge in [-0.3, -0.25) is 9.10 Å². The number of sulfonamides is 1. The Morgan fingerprint density at radius 3 is 2.75 bits per heavy atom. The van der Waals surface area contributed by atoms with Gasteiger partial charge in [-0.1, -0.05) is 32.0 Å². The average molecular weight is 349 g/mol. The number of carboxylic acid groups (broad SMARTS) is 1. The summed E-state index contributed by atoms with van der Waals surface area (Å²) >= 11 is 0. The van der Waals surface area contributed by atoms with E-state index in [-0.39, 0.29) is 11.6 Å². The summed E-state index contributed by atoms with van der Waals surface area (Å²) in [6.07, 6.45) is 2.98. The number of fused-ring (bicyclic) bond motifs is 1. The maximum atomic E-state index is 12.9. The van der Waals surface area contributed by atoms with Crippen LogP contribution in [0.5, 0.6) is 0 Å². The molecule has 1 atom stereocenters. The first-order chi connectivity index (χ1) is 11.3. The summed E-state index contributed by atoms with van der Waals surface area (Å²) in [7, 11) is -3.90. The van der Waals surface area contributed by atoms with Crippen molar-refractivity contribution >= 4 is 21.7 Å². The molecule has 1 aliphatic heterocycles. The molecule has 0 bridgehead atoms. The monoisotopic (exact) mass is 349 g/mol. The SMILES string of the molecule is CC(C)Cn1cnc(S(=O)(=O)N2C[C@H](C(=O)O)c3ccccc32)c1. The summed E-state index contributed by atoms with van der Waals surface area (Å²) < 4.78 is 28.7. The van der Waals surface area contributed by atoms with E-state index in [0.29, 0.717) is 23.7 Å². The summed E-state index contributed by atoms with van der Waals surface area (Å²) in [5.74, 6) is -1.54. The molecule has 0 fully saturated rings. The number of anilines is 1. The van der Waals surface area contributed by atoms with E-state index in [1.54, 1.807) is 28.8 Å². The van der Waals surface area contributed by atoms with E-state index in [1.807, 2.05) is 13.8 Å². The molecule has 128 valence electrons. The molecule has 7 nitrogen and oxygen atoms in total. The Bertz CT molecular complexity index is 873. The minimum absolute atomic E-state index is 0.0657. The fourth-order valence-corrected chi connectivity index (χ4v) is 4.36. The van der Waals surface area contributed by atoms with Gasteiger partial charge in [0.1, 0.15) is 5.92 Å². The van der Waals surface area contributed by atoms with Gasteiger partial charge in [0, 0.05) is 12.7 Å². The summed E-state index contributed by atoms with van der Waals surface area (Å²) in [5.41, 5.74) is 0.915. The second kappa shape index (κ2) is 5.94. The van der Waals surface area contributed by atoms with E-state index in [2.05, 4.69) is 4.98 Å². The van der Waals surface area contributed by atoms with Crippen molar-refractivity contribution in [2.45, 2.75) is 31.3 Å². The van der Waals surface area contributed by atoms with Gasteiger partial charge in [-0.05, 0) is 17.5 Å². The zero-order valence-electron chi connectivity index (χ0n) is 13.5. The summed E-state index contributed by atoms with van der Waals surface area (Å²) in [5, 5.41) is 9.31. The van der Waals surface area contributed by atoms with Crippen molar-refractivity contribution in [2.75, 3.05) is 10.8 Å². The van der Waals surface area contributed by atoms with E-state index in [4.69, 9.17) is 0 Å². The lowest BCUT2D eigenvalue weighted by Crippen LogP contribution is -2.31. The molecule has 1 N–H and O–H groups in total. The molecule has 0 saturated carbocycles. The minimum atomic E-state index is -3.90. The number of carboxylic acids is 1. The second-order valence-electron chi connectivity index (χ2n) is 6.29. The molecular weight excluding hydrogens is 330 g/mol. The number of hydrogen-bond acceptors (Lipinski definition) is 4. The highest BCUT2D eigenvalue weighted by Crippen LogP contribution is 2.39. The molecule has 3 rings (SSSR count). The number of aliphatic carboxylic acids is 1. The molecule has 0 aliphatic carbocycles. The molecule has 0 spiro atoms. The van der Waals surface area contributed by atoms with Crippen LogP contribution in [-0.2, 0) is 21.4 Å². The molecule has 0 amide bonds. The highest BCUT2D eigenvalue weighted by Gasteiger charge is 2.40. The molecule has 24 heavy (non-hydrogen) atoms. The van der Waals surface area contributed by atoms with Crippen LogP contribution >= 0.6 is 0 Å². The number of para-hydroxylation sites is 1. The molecule has 2 aromatic rings. The van der Waals surface area contributed by atoms with Gasteiger partial charge in [0.25, 0.3) is 10.0 Å². The topological polar surface area (TPSA) is 92.5 Å². The van der Waals surface area contributed by atoms with Gasteiger partial charge < -0.3 is 9.67 Å². The largest absolute Gasteiger partial charge is 0.481 e. The third-order valence-electron chi connectivity index (χ3n) is 3.97. The molecule has 8 heteroatoms. The maximum absolute atomic E-state index is 12.9. The van der Waals surface area contributed by atoms with Gasteiger partial charge in [0.2, 0.25) is 0 Å². The average Bonchev–Trinajstić information content (AvgIpc) is 3.11. The molecule has 1 aliphatic rings. The van der Waals surface area contributed by atoms with Crippen molar-refractivity contribution in [2.24, 2.45) is 5.92 Å². The summed E-state index contributed by atoms with van der Waals surface area (Å²) in [6.45, 7) is 4.61. The predicted molar refractivity (Wildman–Crippen MR) is 88.4 cm³/mol. The Hall–Kier alpha value is -2.35. The van der Waals surface area contributed by atoms with Crippen molar-refractivity contribution in [3.05, 3.63) is 42.4 Å². The van der Waals surface area contributed by atoms with E-state index in [0.717, 1.165) is 4.31 Å². The van der Waals surface area contributed by atoms with Crippen LogP contribution in [0.2, 0.25) is 0 Å². The Kier molecular flexibility index (Phi) is 4.08. The van der Waals surface area contributed by atoms with Crippen LogP contribution < -0.4 is 4.31 Å². The Morgan fingerprint density at radius 2 is 2.08 bits per heavy atom. The third kappa shape index (κ3) is 2.77. The number of aromatic nitrogens is 2. The molecule has 0 unspecified atom stereocenters. The highest BCUT2D eigenvalue weighted by atomic mass is 32.2. The van der Waals surface area contributed by atoms with Crippen LogP contribution in [0.4, 0.5) is 5.69 Å². The Labute approximate surface area is 140 Å². The quantitative estimate of drug-likeness (QED) is 0.890. The van der Waals surface area contributed by atoms with Gasteiger partial charge in [0.15, 0.2) is 5.03 Å². The molecule has 1 aromatic carbocycles. The zero-order chi connectivity index (χ0) is 17.5. The first kappa shape index (κ1) is 16.5. The maximum Gasteiger partial charge on any atom is 0.312 e. The van der Waals surface area contributed by atoms with Crippen molar-refractivity contribution < 1.29 is 18.3 Å².